The van der Waals surface area contributed by atoms with E-state index in [2.05, 4.69) is 10.2 Å². The van der Waals surface area contributed by atoms with Crippen LogP contribution in [0.15, 0.2) is 44.4 Å². The summed E-state index contributed by atoms with van der Waals surface area (Å²) < 4.78 is 55.7. The molecule has 5 rings (SSSR count). The van der Waals surface area contributed by atoms with E-state index in [-0.39, 0.29) is 23.6 Å². The van der Waals surface area contributed by atoms with E-state index in [1.165, 1.54) is 22.5 Å². The number of H-pyrrole nitrogens is 1. The summed E-state index contributed by atoms with van der Waals surface area (Å²) in [6.45, 7) is 6.34. The number of sulfonamides is 1. The van der Waals surface area contributed by atoms with Crippen LogP contribution < -0.4 is 10.7 Å². The lowest BCUT2D eigenvalue weighted by atomic mass is 9.87. The van der Waals surface area contributed by atoms with E-state index in [4.69, 9.17) is 20.8 Å². The van der Waals surface area contributed by atoms with Crippen LogP contribution in [0.25, 0.3) is 0 Å². The molecular weight excluding hydrogens is 523 g/mol. The molecule has 1 N–H and O–H groups in total. The van der Waals surface area contributed by atoms with Crippen LogP contribution >= 0.6 is 11.6 Å². The molecule has 0 spiro atoms. The van der Waals surface area contributed by atoms with Crippen molar-refractivity contribution in [2.75, 3.05) is 24.7 Å². The molecule has 2 aromatic carbocycles. The Balaban J connectivity index is 1.67. The molecule has 12 heteroatoms. The number of ether oxygens (including phenoxy) is 1. The third kappa shape index (κ3) is 4.69. The van der Waals surface area contributed by atoms with E-state index in [1.54, 1.807) is 26.0 Å². The Bertz CT molecular complexity index is 1480. The Labute approximate surface area is 219 Å². The molecule has 0 radical (unpaired) electrons. The Morgan fingerprint density at radius 1 is 1.27 bits per heavy atom. The average molecular weight is 551 g/mol. The van der Waals surface area contributed by atoms with Crippen molar-refractivity contribution < 1.29 is 22.0 Å². The van der Waals surface area contributed by atoms with Crippen molar-refractivity contribution in [3.05, 3.63) is 74.3 Å². The fourth-order valence-corrected chi connectivity index (χ4v) is 7.28. The van der Waals surface area contributed by atoms with Crippen molar-refractivity contribution in [1.82, 2.24) is 14.5 Å². The number of aromatic nitrogens is 2. The smallest absolute Gasteiger partial charge is 0.391 e. The first-order valence-electron chi connectivity index (χ1n) is 12.1. The Hall–Kier alpha value is -2.73. The fourth-order valence-electron chi connectivity index (χ4n) is 5.31. The maximum Gasteiger partial charge on any atom is 0.434 e. The van der Waals surface area contributed by atoms with Crippen molar-refractivity contribution in [1.29, 1.82) is 0 Å². The quantitative estimate of drug-likeness (QED) is 0.488. The SMILES string of the molecule is Cc1ccc(F)c([C@@H](C)[C@@H](c2n[nH]c(=O)o2)N2CN(C[C@H]3CCCO3)c3cc(Cl)ccc3S2(=O)=O)c1C. The number of nitrogens with zero attached hydrogens (tertiary/aromatic N) is 3. The van der Waals surface area contributed by atoms with Gasteiger partial charge in [-0.2, -0.15) is 4.31 Å². The molecule has 0 amide bonds. The second-order valence-corrected chi connectivity index (χ2v) is 11.9. The highest BCUT2D eigenvalue weighted by atomic mass is 35.5. The molecule has 3 heterocycles. The van der Waals surface area contributed by atoms with Gasteiger partial charge in [0, 0.05) is 24.1 Å². The number of benzene rings is 2. The van der Waals surface area contributed by atoms with Gasteiger partial charge in [-0.3, -0.25) is 0 Å². The first-order valence-corrected chi connectivity index (χ1v) is 13.9. The standard InChI is InChI=1S/C25H28ClFN4O5S/c1-14-6-8-19(27)22(15(14)2)16(3)23(24-28-29-25(32)36-24)31-13-30(12-18-5-4-10-35-18)20-11-17(26)7-9-21(20)37(31,33)34/h6-9,11,16,18,23H,4-5,10,12-13H2,1-3H3,(H,29,32)/t16-,18-,23+/m1/s1. The maximum atomic E-state index is 15.2. The van der Waals surface area contributed by atoms with Gasteiger partial charge in [0.05, 0.1) is 18.5 Å². The zero-order valence-corrected chi connectivity index (χ0v) is 22.3. The van der Waals surface area contributed by atoms with Crippen molar-refractivity contribution in [2.45, 2.75) is 56.6 Å². The third-order valence-electron chi connectivity index (χ3n) is 7.29. The van der Waals surface area contributed by atoms with Gasteiger partial charge in [0.25, 0.3) is 0 Å². The second kappa shape index (κ2) is 9.86. The lowest BCUT2D eigenvalue weighted by Crippen LogP contribution is -2.51. The van der Waals surface area contributed by atoms with Crippen LogP contribution in [0.4, 0.5) is 10.1 Å². The number of aryl methyl sites for hydroxylation is 1. The van der Waals surface area contributed by atoms with Crippen LogP contribution in [-0.4, -0.2) is 48.8 Å². The molecule has 0 bridgehead atoms. The zero-order valence-electron chi connectivity index (χ0n) is 20.7. The first kappa shape index (κ1) is 25.9. The number of hydrogen-bond donors (Lipinski definition) is 1. The highest BCUT2D eigenvalue weighted by molar-refractivity contribution is 7.89. The number of fused-ring (bicyclic) bond motifs is 1. The third-order valence-corrected chi connectivity index (χ3v) is 9.38. The minimum Gasteiger partial charge on any atom is -0.391 e. The van der Waals surface area contributed by atoms with Gasteiger partial charge in [-0.25, -0.2) is 22.7 Å². The number of hydrogen-bond acceptors (Lipinski definition) is 7. The number of anilines is 1. The minimum atomic E-state index is -4.14. The lowest BCUT2D eigenvalue weighted by Gasteiger charge is -2.42. The molecule has 0 saturated carbocycles. The van der Waals surface area contributed by atoms with E-state index in [1.807, 2.05) is 11.8 Å². The highest BCUT2D eigenvalue weighted by Crippen LogP contribution is 2.45. The summed E-state index contributed by atoms with van der Waals surface area (Å²) in [6.07, 6.45) is 1.69. The summed E-state index contributed by atoms with van der Waals surface area (Å²) in [4.78, 5) is 13.9. The molecule has 0 unspecified atom stereocenters. The maximum absolute atomic E-state index is 15.2. The summed E-state index contributed by atoms with van der Waals surface area (Å²) >= 11 is 6.26. The number of aromatic amines is 1. The zero-order chi connectivity index (χ0) is 26.5. The van der Waals surface area contributed by atoms with Gasteiger partial charge in [0.15, 0.2) is 0 Å². The van der Waals surface area contributed by atoms with E-state index < -0.39 is 33.6 Å². The topological polar surface area (TPSA) is 109 Å². The summed E-state index contributed by atoms with van der Waals surface area (Å²) in [5.41, 5.74) is 2.34. The van der Waals surface area contributed by atoms with Crippen molar-refractivity contribution >= 4 is 27.3 Å². The lowest BCUT2D eigenvalue weighted by molar-refractivity contribution is 0.112. The largest absolute Gasteiger partial charge is 0.434 e. The molecule has 2 aliphatic rings. The first-order chi connectivity index (χ1) is 17.6. The van der Waals surface area contributed by atoms with Crippen LogP contribution in [0.5, 0.6) is 0 Å². The molecule has 9 nitrogen and oxygen atoms in total. The Kier molecular flexibility index (Phi) is 6.90. The van der Waals surface area contributed by atoms with Gasteiger partial charge in [0.2, 0.25) is 15.9 Å². The van der Waals surface area contributed by atoms with Crippen LogP contribution in [0.1, 0.15) is 54.3 Å². The minimum absolute atomic E-state index is 0.0534. The Morgan fingerprint density at radius 3 is 2.73 bits per heavy atom. The van der Waals surface area contributed by atoms with E-state index in [0.717, 1.165) is 18.4 Å². The van der Waals surface area contributed by atoms with Crippen LogP contribution in [0, 0.1) is 19.7 Å². The summed E-state index contributed by atoms with van der Waals surface area (Å²) in [6, 6.07) is 6.52. The van der Waals surface area contributed by atoms with Gasteiger partial charge in [-0.1, -0.05) is 24.6 Å². The van der Waals surface area contributed by atoms with E-state index in [0.29, 0.717) is 35.0 Å². The van der Waals surface area contributed by atoms with Gasteiger partial charge < -0.3 is 14.1 Å². The summed E-state index contributed by atoms with van der Waals surface area (Å²) in [7, 11) is -4.14. The summed E-state index contributed by atoms with van der Waals surface area (Å²) in [5.74, 6) is -2.20. The van der Waals surface area contributed by atoms with E-state index in [9.17, 15) is 13.2 Å². The van der Waals surface area contributed by atoms with Crippen molar-refractivity contribution in [3.63, 3.8) is 0 Å². The normalized spacial score (nSPS) is 21.1. The number of nitrogens with one attached hydrogen (secondary N) is 1. The van der Waals surface area contributed by atoms with Gasteiger partial charge >= 0.3 is 5.76 Å². The molecule has 37 heavy (non-hydrogen) atoms. The monoisotopic (exact) mass is 550 g/mol. The van der Waals surface area contributed by atoms with Crippen LogP contribution in [-0.2, 0) is 14.8 Å². The molecule has 198 valence electrons. The Morgan fingerprint density at radius 2 is 2.05 bits per heavy atom. The molecule has 0 aliphatic carbocycles. The number of rotatable bonds is 6. The highest BCUT2D eigenvalue weighted by Gasteiger charge is 2.46. The van der Waals surface area contributed by atoms with E-state index >= 15 is 4.39 Å². The fraction of sp³-hybridized carbons (Fsp3) is 0.440. The van der Waals surface area contributed by atoms with Gasteiger partial charge in [-0.05, 0) is 67.6 Å². The van der Waals surface area contributed by atoms with Gasteiger partial charge in [0.1, 0.15) is 16.8 Å². The second-order valence-electron chi connectivity index (χ2n) is 9.59. The molecule has 2 aliphatic heterocycles. The molecule has 3 atom stereocenters. The number of halogens is 2. The predicted octanol–water partition coefficient (Wildman–Crippen LogP) is 4.26. The van der Waals surface area contributed by atoms with Crippen molar-refractivity contribution in [3.8, 4) is 0 Å². The predicted molar refractivity (Wildman–Crippen MR) is 136 cm³/mol. The van der Waals surface area contributed by atoms with Crippen molar-refractivity contribution in [2.24, 2.45) is 0 Å². The molecular formula is C25H28ClFN4O5S. The van der Waals surface area contributed by atoms with Crippen LogP contribution in [0.2, 0.25) is 5.02 Å². The van der Waals surface area contributed by atoms with Crippen LogP contribution in [0.3, 0.4) is 0 Å². The molecule has 1 fully saturated rings. The van der Waals surface area contributed by atoms with Gasteiger partial charge in [-0.15, -0.1) is 5.10 Å². The summed E-state index contributed by atoms with van der Waals surface area (Å²) in [5, 5.41) is 6.61. The molecule has 1 aromatic heterocycles. The molecule has 3 aromatic rings. The molecule has 1 saturated heterocycles. The average Bonchev–Trinajstić information content (AvgIpc) is 3.51.